The van der Waals surface area contributed by atoms with Crippen LogP contribution < -0.4 is 16.2 Å². The normalized spacial score (nSPS) is 15.8. The molecule has 186 valence electrons. The first kappa shape index (κ1) is 25.2. The van der Waals surface area contributed by atoms with Crippen molar-refractivity contribution in [2.75, 3.05) is 26.2 Å². The molecule has 8 nitrogen and oxygen atoms in total. The van der Waals surface area contributed by atoms with E-state index in [4.69, 9.17) is 11.6 Å². The average molecular weight is 499 g/mol. The van der Waals surface area contributed by atoms with E-state index in [1.54, 1.807) is 12.1 Å². The van der Waals surface area contributed by atoms with Gasteiger partial charge in [0, 0.05) is 48.6 Å². The summed E-state index contributed by atoms with van der Waals surface area (Å²) in [5.41, 5.74) is 1.59. The minimum Gasteiger partial charge on any atom is -0.506 e. The van der Waals surface area contributed by atoms with Crippen LogP contribution in [0, 0.1) is 0 Å². The Morgan fingerprint density at radius 2 is 1.91 bits per heavy atom. The Bertz CT molecular complexity index is 1220. The Balaban J connectivity index is 1.19. The third-order valence-electron chi connectivity index (χ3n) is 6.54. The Kier molecular flexibility index (Phi) is 8.41. The van der Waals surface area contributed by atoms with E-state index in [0.717, 1.165) is 31.5 Å². The Hall–Kier alpha value is -2.91. The summed E-state index contributed by atoms with van der Waals surface area (Å²) in [6, 6.07) is 13.9. The van der Waals surface area contributed by atoms with Crippen LogP contribution in [0.15, 0.2) is 53.3 Å². The number of likely N-dealkylation sites (tertiary alicyclic amines) is 1. The zero-order valence-corrected chi connectivity index (χ0v) is 20.2. The van der Waals surface area contributed by atoms with Crippen LogP contribution in [-0.4, -0.2) is 58.2 Å². The fourth-order valence-corrected chi connectivity index (χ4v) is 4.68. The summed E-state index contributed by atoms with van der Waals surface area (Å²) in [5.74, 6) is -0.0118. The van der Waals surface area contributed by atoms with Crippen LogP contribution in [0.3, 0.4) is 0 Å². The van der Waals surface area contributed by atoms with Crippen molar-refractivity contribution in [2.24, 2.45) is 0 Å². The molecule has 1 saturated heterocycles. The highest BCUT2D eigenvalue weighted by Crippen LogP contribution is 2.28. The number of phenolic OH excluding ortho intramolecular Hbond substituents is 1. The number of aromatic hydroxyl groups is 1. The van der Waals surface area contributed by atoms with Crippen molar-refractivity contribution in [2.45, 2.75) is 38.0 Å². The number of nitrogens with one attached hydrogen (secondary N) is 3. The number of H-pyrrole nitrogens is 1. The minimum atomic E-state index is -0.774. The molecular weight excluding hydrogens is 468 g/mol. The van der Waals surface area contributed by atoms with Crippen LogP contribution in [0.2, 0.25) is 5.02 Å². The second-order valence-electron chi connectivity index (χ2n) is 8.94. The number of pyridine rings is 1. The first-order chi connectivity index (χ1) is 16.9. The summed E-state index contributed by atoms with van der Waals surface area (Å²) in [5, 5.41) is 28.4. The summed E-state index contributed by atoms with van der Waals surface area (Å²) in [6.07, 6.45) is 1.52. The quantitative estimate of drug-likeness (QED) is 0.309. The van der Waals surface area contributed by atoms with Gasteiger partial charge in [0.1, 0.15) is 5.75 Å². The monoisotopic (exact) mass is 498 g/mol. The highest BCUT2D eigenvalue weighted by Gasteiger charge is 2.21. The summed E-state index contributed by atoms with van der Waals surface area (Å²) in [6.45, 7) is 3.28. The van der Waals surface area contributed by atoms with Gasteiger partial charge in [-0.15, -0.1) is 0 Å². The number of aliphatic hydroxyl groups is 1. The van der Waals surface area contributed by atoms with E-state index in [-0.39, 0.29) is 23.3 Å². The number of aromatic nitrogens is 1. The van der Waals surface area contributed by atoms with Gasteiger partial charge in [-0.2, -0.15) is 0 Å². The van der Waals surface area contributed by atoms with E-state index < -0.39 is 6.10 Å². The molecule has 1 fully saturated rings. The van der Waals surface area contributed by atoms with Gasteiger partial charge in [-0.3, -0.25) is 9.59 Å². The second-order valence-corrected chi connectivity index (χ2v) is 9.35. The van der Waals surface area contributed by atoms with E-state index in [1.165, 1.54) is 12.1 Å². The molecule has 4 rings (SSSR count). The summed E-state index contributed by atoms with van der Waals surface area (Å²) >= 11 is 6.13. The fourth-order valence-electron chi connectivity index (χ4n) is 4.48. The van der Waals surface area contributed by atoms with Crippen LogP contribution in [0.4, 0.5) is 0 Å². The fraction of sp³-hybridized carbons (Fsp3) is 0.385. The van der Waals surface area contributed by atoms with Gasteiger partial charge >= 0.3 is 0 Å². The summed E-state index contributed by atoms with van der Waals surface area (Å²) in [7, 11) is 0. The highest BCUT2D eigenvalue weighted by molar-refractivity contribution is 6.31. The molecule has 0 radical (unpaired) electrons. The molecule has 0 saturated carbocycles. The Morgan fingerprint density at radius 3 is 2.69 bits per heavy atom. The number of amides is 1. The van der Waals surface area contributed by atoms with Crippen molar-refractivity contribution in [1.82, 2.24) is 20.5 Å². The lowest BCUT2D eigenvalue weighted by Crippen LogP contribution is -2.44. The molecule has 0 spiro atoms. The standard InChI is InChI=1S/C26H31ClN4O4/c27-21-4-2-1-3-17(21)15-29-24(34)11-14-31-12-9-18(10-13-31)28-16-23(33)19-5-7-22(32)26-20(19)6-8-25(35)30-26/h1-8,18,23,28,32-33H,9-16H2,(H,29,34)(H,30,35)/t23-/m0/s1. The third kappa shape index (κ3) is 6.61. The number of rotatable bonds is 9. The molecule has 2 aromatic carbocycles. The molecule has 3 aromatic rings. The Labute approximate surface area is 208 Å². The smallest absolute Gasteiger partial charge is 0.248 e. The van der Waals surface area contributed by atoms with Crippen molar-refractivity contribution in [3.8, 4) is 5.75 Å². The van der Waals surface area contributed by atoms with E-state index in [1.807, 2.05) is 24.3 Å². The molecule has 0 aliphatic carbocycles. The maximum absolute atomic E-state index is 12.2. The zero-order chi connectivity index (χ0) is 24.8. The summed E-state index contributed by atoms with van der Waals surface area (Å²) in [4.78, 5) is 28.7. The number of aromatic amines is 1. The van der Waals surface area contributed by atoms with Crippen LogP contribution in [0.5, 0.6) is 5.75 Å². The first-order valence-electron chi connectivity index (χ1n) is 11.9. The van der Waals surface area contributed by atoms with Crippen LogP contribution in [-0.2, 0) is 11.3 Å². The topological polar surface area (TPSA) is 118 Å². The lowest BCUT2D eigenvalue weighted by atomic mass is 10.0. The molecule has 35 heavy (non-hydrogen) atoms. The molecule has 0 unspecified atom stereocenters. The first-order valence-corrected chi connectivity index (χ1v) is 12.3. The molecule has 1 aromatic heterocycles. The number of aliphatic hydroxyl groups excluding tert-OH is 1. The number of nitrogens with zero attached hydrogens (tertiary/aromatic N) is 1. The number of carbonyl (C=O) groups is 1. The molecule has 0 bridgehead atoms. The summed E-state index contributed by atoms with van der Waals surface area (Å²) < 4.78 is 0. The SMILES string of the molecule is O=C(CCN1CCC(NC[C@H](O)c2ccc(O)c3[nH]c(=O)ccc23)CC1)NCc1ccccc1Cl. The number of carbonyl (C=O) groups excluding carboxylic acids is 1. The predicted molar refractivity (Wildman–Crippen MR) is 137 cm³/mol. The Morgan fingerprint density at radius 1 is 1.14 bits per heavy atom. The van der Waals surface area contributed by atoms with Gasteiger partial charge in [0.25, 0.3) is 0 Å². The van der Waals surface area contributed by atoms with Gasteiger partial charge in [-0.05, 0) is 55.3 Å². The van der Waals surface area contributed by atoms with Gasteiger partial charge in [0.15, 0.2) is 0 Å². The number of halogens is 1. The average Bonchev–Trinajstić information content (AvgIpc) is 2.86. The molecule has 1 amide bonds. The predicted octanol–water partition coefficient (Wildman–Crippen LogP) is 2.68. The molecule has 1 aliphatic rings. The maximum atomic E-state index is 12.2. The van der Waals surface area contributed by atoms with Gasteiger partial charge in [-0.25, -0.2) is 0 Å². The number of benzene rings is 2. The number of fused-ring (bicyclic) bond motifs is 1. The van der Waals surface area contributed by atoms with Crippen molar-refractivity contribution in [3.05, 3.63) is 75.0 Å². The van der Waals surface area contributed by atoms with Gasteiger partial charge in [-0.1, -0.05) is 35.9 Å². The molecular formula is C26H31ClN4O4. The highest BCUT2D eigenvalue weighted by atomic mass is 35.5. The van der Waals surface area contributed by atoms with E-state index in [2.05, 4.69) is 20.5 Å². The van der Waals surface area contributed by atoms with E-state index >= 15 is 0 Å². The van der Waals surface area contributed by atoms with E-state index in [9.17, 15) is 19.8 Å². The van der Waals surface area contributed by atoms with Crippen molar-refractivity contribution < 1.29 is 15.0 Å². The molecule has 1 aliphatic heterocycles. The number of phenols is 1. The number of piperidine rings is 1. The van der Waals surface area contributed by atoms with Crippen LogP contribution in [0.25, 0.3) is 10.9 Å². The lowest BCUT2D eigenvalue weighted by molar-refractivity contribution is -0.121. The third-order valence-corrected chi connectivity index (χ3v) is 6.91. The van der Waals surface area contributed by atoms with Crippen molar-refractivity contribution in [1.29, 1.82) is 0 Å². The van der Waals surface area contributed by atoms with Gasteiger partial charge < -0.3 is 30.7 Å². The number of hydrogen-bond donors (Lipinski definition) is 5. The van der Waals surface area contributed by atoms with Crippen molar-refractivity contribution >= 4 is 28.4 Å². The van der Waals surface area contributed by atoms with Gasteiger partial charge in [0.2, 0.25) is 11.5 Å². The van der Waals surface area contributed by atoms with E-state index in [0.29, 0.717) is 47.5 Å². The second kappa shape index (κ2) is 11.7. The molecule has 5 N–H and O–H groups in total. The molecule has 1 atom stereocenters. The molecule has 9 heteroatoms. The largest absolute Gasteiger partial charge is 0.506 e. The number of hydrogen-bond acceptors (Lipinski definition) is 6. The van der Waals surface area contributed by atoms with Crippen LogP contribution in [0.1, 0.15) is 36.5 Å². The van der Waals surface area contributed by atoms with Crippen molar-refractivity contribution in [3.63, 3.8) is 0 Å². The zero-order valence-electron chi connectivity index (χ0n) is 19.5. The molecule has 2 heterocycles. The maximum Gasteiger partial charge on any atom is 0.248 e. The van der Waals surface area contributed by atoms with Crippen LogP contribution >= 0.6 is 11.6 Å². The lowest BCUT2D eigenvalue weighted by Gasteiger charge is -2.32. The minimum absolute atomic E-state index is 0.00996. The van der Waals surface area contributed by atoms with Gasteiger partial charge in [0.05, 0.1) is 11.6 Å².